The Bertz CT molecular complexity index is 1370. The van der Waals surface area contributed by atoms with Gasteiger partial charge in [-0.2, -0.15) is 0 Å². The van der Waals surface area contributed by atoms with Crippen molar-refractivity contribution in [1.29, 1.82) is 0 Å². The topological polar surface area (TPSA) is 88.2 Å². The zero-order valence-corrected chi connectivity index (χ0v) is 18.9. The van der Waals surface area contributed by atoms with Crippen LogP contribution in [0.5, 0.6) is 0 Å². The number of benzene rings is 3. The number of fused-ring (bicyclic) bond motifs is 1. The molecule has 158 valence electrons. The minimum absolute atomic E-state index is 0.182. The minimum atomic E-state index is -3.69. The number of carbonyl (C=O) groups excluding carboxylic acids is 1. The second-order valence-corrected chi connectivity index (χ2v) is 10.1. The maximum absolute atomic E-state index is 12.6. The molecule has 4 rings (SSSR count). The average Bonchev–Trinajstić information content (AvgIpc) is 3.11. The molecule has 0 spiro atoms. The quantitative estimate of drug-likeness (QED) is 0.432. The Morgan fingerprint density at radius 1 is 0.903 bits per heavy atom. The smallest absolute Gasteiger partial charge is 0.261 e. The number of nitrogens with zero attached hydrogens (tertiary/aromatic N) is 1. The van der Waals surface area contributed by atoms with Crippen LogP contribution in [0.15, 0.2) is 65.6 Å². The van der Waals surface area contributed by atoms with Crippen molar-refractivity contribution in [3.8, 4) is 0 Å². The normalized spacial score (nSPS) is 11.5. The number of anilines is 2. The fraction of sp³-hybridized carbons (Fsp3) is 0.130. The highest BCUT2D eigenvalue weighted by atomic mass is 32.2. The lowest BCUT2D eigenvalue weighted by atomic mass is 10.1. The van der Waals surface area contributed by atoms with Gasteiger partial charge in [0.15, 0.2) is 5.13 Å². The molecule has 0 fully saturated rings. The summed E-state index contributed by atoms with van der Waals surface area (Å²) in [6, 6.07) is 17.0. The highest BCUT2D eigenvalue weighted by Gasteiger charge is 2.15. The van der Waals surface area contributed by atoms with E-state index < -0.39 is 10.0 Å². The van der Waals surface area contributed by atoms with Crippen molar-refractivity contribution in [2.24, 2.45) is 0 Å². The van der Waals surface area contributed by atoms with Crippen LogP contribution in [0.25, 0.3) is 10.2 Å². The fourth-order valence-corrected chi connectivity index (χ4v) is 5.31. The molecule has 3 aromatic carbocycles. The zero-order chi connectivity index (χ0) is 22.2. The van der Waals surface area contributed by atoms with Crippen molar-refractivity contribution in [3.63, 3.8) is 0 Å². The maximum atomic E-state index is 12.6. The van der Waals surface area contributed by atoms with Crippen molar-refractivity contribution in [3.05, 3.63) is 82.9 Å². The van der Waals surface area contributed by atoms with Gasteiger partial charge in [0.1, 0.15) is 0 Å². The molecule has 6 nitrogen and oxygen atoms in total. The standard InChI is InChI=1S/C23H21N3O3S2/c1-14-4-10-19(11-5-14)31(28,29)26-18-8-6-17(7-9-18)22(27)25-23-24-21-16(3)12-15(2)13-20(21)30-23/h4-13,26H,1-3H3,(H,24,25,27). The molecular weight excluding hydrogens is 430 g/mol. The van der Waals surface area contributed by atoms with Crippen LogP contribution in [0.1, 0.15) is 27.0 Å². The molecular formula is C23H21N3O3S2. The zero-order valence-electron chi connectivity index (χ0n) is 17.3. The molecule has 1 aromatic heterocycles. The van der Waals surface area contributed by atoms with Crippen LogP contribution in [-0.2, 0) is 10.0 Å². The molecule has 0 radical (unpaired) electrons. The number of nitrogens with one attached hydrogen (secondary N) is 2. The first kappa shape index (κ1) is 21.0. The molecule has 4 aromatic rings. The first-order chi connectivity index (χ1) is 14.7. The van der Waals surface area contributed by atoms with Crippen LogP contribution in [0.2, 0.25) is 0 Å². The molecule has 0 unspecified atom stereocenters. The molecule has 0 aliphatic rings. The summed E-state index contributed by atoms with van der Waals surface area (Å²) in [4.78, 5) is 17.3. The van der Waals surface area contributed by atoms with Gasteiger partial charge in [0, 0.05) is 11.3 Å². The molecule has 0 atom stereocenters. The van der Waals surface area contributed by atoms with Gasteiger partial charge in [-0.3, -0.25) is 14.8 Å². The number of thiazole rings is 1. The highest BCUT2D eigenvalue weighted by Crippen LogP contribution is 2.29. The van der Waals surface area contributed by atoms with Crippen molar-refractivity contribution in [2.75, 3.05) is 10.0 Å². The van der Waals surface area contributed by atoms with Crippen molar-refractivity contribution in [1.82, 2.24) is 4.98 Å². The Hall–Kier alpha value is -3.23. The van der Waals surface area contributed by atoms with E-state index in [-0.39, 0.29) is 10.8 Å². The number of sulfonamides is 1. The van der Waals surface area contributed by atoms with E-state index in [2.05, 4.69) is 21.1 Å². The molecule has 31 heavy (non-hydrogen) atoms. The molecule has 0 aliphatic heterocycles. The fourth-order valence-electron chi connectivity index (χ4n) is 3.21. The minimum Gasteiger partial charge on any atom is -0.298 e. The van der Waals surface area contributed by atoms with Crippen LogP contribution in [-0.4, -0.2) is 19.3 Å². The second kappa shape index (κ2) is 8.13. The monoisotopic (exact) mass is 451 g/mol. The van der Waals surface area contributed by atoms with Gasteiger partial charge in [-0.1, -0.05) is 35.1 Å². The van der Waals surface area contributed by atoms with E-state index in [0.29, 0.717) is 16.4 Å². The Labute approximate surface area is 185 Å². The largest absolute Gasteiger partial charge is 0.298 e. The van der Waals surface area contributed by atoms with Gasteiger partial charge in [-0.05, 0) is 74.4 Å². The predicted molar refractivity (Wildman–Crippen MR) is 125 cm³/mol. The van der Waals surface area contributed by atoms with Gasteiger partial charge in [-0.15, -0.1) is 0 Å². The molecule has 0 bridgehead atoms. The van der Waals surface area contributed by atoms with Gasteiger partial charge >= 0.3 is 0 Å². The van der Waals surface area contributed by atoms with Gasteiger partial charge in [-0.25, -0.2) is 13.4 Å². The first-order valence-electron chi connectivity index (χ1n) is 9.60. The number of aromatic nitrogens is 1. The SMILES string of the molecule is Cc1ccc(S(=O)(=O)Nc2ccc(C(=O)Nc3nc4c(C)cc(C)cc4s3)cc2)cc1. The van der Waals surface area contributed by atoms with Crippen molar-refractivity contribution >= 4 is 48.3 Å². The van der Waals surface area contributed by atoms with Gasteiger partial charge in [0.2, 0.25) is 0 Å². The van der Waals surface area contributed by atoms with E-state index in [0.717, 1.165) is 26.9 Å². The van der Waals surface area contributed by atoms with E-state index in [1.54, 1.807) is 48.5 Å². The summed E-state index contributed by atoms with van der Waals surface area (Å²) in [5.41, 5.74) is 4.86. The summed E-state index contributed by atoms with van der Waals surface area (Å²) in [5, 5.41) is 3.35. The van der Waals surface area contributed by atoms with E-state index in [9.17, 15) is 13.2 Å². The number of hydrogen-bond donors (Lipinski definition) is 2. The third-order valence-corrected chi connectivity index (χ3v) is 7.10. The van der Waals surface area contributed by atoms with Gasteiger partial charge < -0.3 is 0 Å². The third kappa shape index (κ3) is 4.60. The number of rotatable bonds is 5. The molecule has 8 heteroatoms. The summed E-state index contributed by atoms with van der Waals surface area (Å²) < 4.78 is 28.6. The molecule has 0 saturated carbocycles. The molecule has 1 amide bonds. The number of amides is 1. The summed E-state index contributed by atoms with van der Waals surface area (Å²) in [6.07, 6.45) is 0. The van der Waals surface area contributed by atoms with Crippen LogP contribution < -0.4 is 10.0 Å². The lowest BCUT2D eigenvalue weighted by Crippen LogP contribution is -2.14. The van der Waals surface area contributed by atoms with Gasteiger partial charge in [0.25, 0.3) is 15.9 Å². The summed E-state index contributed by atoms with van der Waals surface area (Å²) in [5.74, 6) is -0.304. The number of aryl methyl sites for hydroxylation is 3. The van der Waals surface area contributed by atoms with Crippen LogP contribution >= 0.6 is 11.3 Å². The second-order valence-electron chi connectivity index (χ2n) is 7.40. The number of carbonyl (C=O) groups is 1. The van der Waals surface area contributed by atoms with E-state index in [1.807, 2.05) is 26.8 Å². The summed E-state index contributed by atoms with van der Waals surface area (Å²) in [7, 11) is -3.69. The van der Waals surface area contributed by atoms with Crippen LogP contribution in [0.4, 0.5) is 10.8 Å². The average molecular weight is 452 g/mol. The highest BCUT2D eigenvalue weighted by molar-refractivity contribution is 7.92. The summed E-state index contributed by atoms with van der Waals surface area (Å²) in [6.45, 7) is 5.92. The van der Waals surface area contributed by atoms with E-state index >= 15 is 0 Å². The molecule has 0 aliphatic carbocycles. The Morgan fingerprint density at radius 3 is 2.26 bits per heavy atom. The van der Waals surface area contributed by atoms with E-state index in [1.165, 1.54) is 11.3 Å². The van der Waals surface area contributed by atoms with Crippen LogP contribution in [0.3, 0.4) is 0 Å². The lowest BCUT2D eigenvalue weighted by molar-refractivity contribution is 0.102. The molecule has 2 N–H and O–H groups in total. The Morgan fingerprint density at radius 2 is 1.58 bits per heavy atom. The maximum Gasteiger partial charge on any atom is 0.261 e. The lowest BCUT2D eigenvalue weighted by Gasteiger charge is -2.09. The van der Waals surface area contributed by atoms with E-state index in [4.69, 9.17) is 0 Å². The Kier molecular flexibility index (Phi) is 5.51. The first-order valence-corrected chi connectivity index (χ1v) is 11.9. The predicted octanol–water partition coefficient (Wildman–Crippen LogP) is 5.27. The summed E-state index contributed by atoms with van der Waals surface area (Å²) >= 11 is 1.42. The number of hydrogen-bond acceptors (Lipinski definition) is 5. The molecule has 1 heterocycles. The van der Waals surface area contributed by atoms with Crippen molar-refractivity contribution in [2.45, 2.75) is 25.7 Å². The molecule has 0 saturated heterocycles. The Balaban J connectivity index is 1.48. The third-order valence-electron chi connectivity index (χ3n) is 4.78. The van der Waals surface area contributed by atoms with Crippen molar-refractivity contribution < 1.29 is 13.2 Å². The van der Waals surface area contributed by atoms with Crippen LogP contribution in [0, 0.1) is 20.8 Å². The van der Waals surface area contributed by atoms with Gasteiger partial charge in [0.05, 0.1) is 15.1 Å².